The number of benzene rings is 2. The summed E-state index contributed by atoms with van der Waals surface area (Å²) in [5.41, 5.74) is 2.10. The van der Waals surface area contributed by atoms with Crippen molar-refractivity contribution in [2.75, 3.05) is 37.7 Å². The molecule has 9 nitrogen and oxygen atoms in total. The van der Waals surface area contributed by atoms with Gasteiger partial charge in [-0.2, -0.15) is 10.6 Å². The number of carbonyl (C=O) groups excluding carboxylic acids is 1. The van der Waals surface area contributed by atoms with Crippen LogP contribution >= 0.6 is 10.6 Å². The van der Waals surface area contributed by atoms with Gasteiger partial charge in [0.1, 0.15) is 5.60 Å². The lowest BCUT2D eigenvalue weighted by Crippen LogP contribution is -2.54. The van der Waals surface area contributed by atoms with E-state index in [0.717, 1.165) is 50.0 Å². The lowest BCUT2D eigenvalue weighted by atomic mass is 9.80. The van der Waals surface area contributed by atoms with Gasteiger partial charge >= 0.3 is 0 Å². The van der Waals surface area contributed by atoms with Crippen LogP contribution in [0, 0.1) is 0 Å². The van der Waals surface area contributed by atoms with E-state index < -0.39 is 16.2 Å². The molecule has 0 radical (unpaired) electrons. The Morgan fingerprint density at radius 1 is 1.02 bits per heavy atom. The van der Waals surface area contributed by atoms with E-state index in [9.17, 15) is 19.0 Å². The number of amides is 1. The zero-order chi connectivity index (χ0) is 29.9. The molecule has 1 amide bonds. The Balaban J connectivity index is 1.29. The van der Waals surface area contributed by atoms with Crippen LogP contribution in [0.1, 0.15) is 60.6 Å². The maximum atomic E-state index is 14.3. The maximum absolute atomic E-state index is 14.3. The van der Waals surface area contributed by atoms with E-state index in [-0.39, 0.29) is 30.7 Å². The van der Waals surface area contributed by atoms with Gasteiger partial charge in [0.15, 0.2) is 5.69 Å². The van der Waals surface area contributed by atoms with E-state index in [0.29, 0.717) is 43.0 Å². The number of carbonyl (C=O) groups is 1. The van der Waals surface area contributed by atoms with Crippen molar-refractivity contribution in [3.8, 4) is 11.3 Å². The first-order chi connectivity index (χ1) is 20.8. The highest BCUT2D eigenvalue weighted by Gasteiger charge is 2.43. The van der Waals surface area contributed by atoms with Gasteiger partial charge in [-0.3, -0.25) is 13.9 Å². The Labute approximate surface area is 255 Å². The molecule has 0 bridgehead atoms. The fraction of sp³-hybridized carbons (Fsp3) is 0.515. The molecule has 3 heterocycles. The normalized spacial score (nSPS) is 27.1. The van der Waals surface area contributed by atoms with Gasteiger partial charge in [0, 0.05) is 42.7 Å². The van der Waals surface area contributed by atoms with Crippen LogP contribution in [0.2, 0.25) is 0 Å². The van der Waals surface area contributed by atoms with Crippen molar-refractivity contribution in [2.45, 2.75) is 68.7 Å². The maximum Gasteiger partial charge on any atom is 0.275 e. The number of rotatable bonds is 8. The molecule has 232 valence electrons. The summed E-state index contributed by atoms with van der Waals surface area (Å²) in [4.78, 5) is 21.1. The molecule has 0 unspecified atom stereocenters. The van der Waals surface area contributed by atoms with Gasteiger partial charge in [-0.15, -0.1) is 0 Å². The molecule has 2 saturated heterocycles. The van der Waals surface area contributed by atoms with Crippen molar-refractivity contribution in [3.05, 3.63) is 78.2 Å². The summed E-state index contributed by atoms with van der Waals surface area (Å²) in [6.07, 6.45) is 6.75. The molecule has 0 spiro atoms. The van der Waals surface area contributed by atoms with E-state index in [2.05, 4.69) is 17.4 Å². The molecule has 1 aromatic heterocycles. The zero-order valence-corrected chi connectivity index (χ0v) is 25.5. The number of nitrogens with zero attached hydrogens (tertiary/aromatic N) is 3. The quantitative estimate of drug-likeness (QED) is 0.285. The molecule has 3 fully saturated rings. The third-order valence-corrected chi connectivity index (χ3v) is 11.1. The molecular formula is C33H44N4O5S. The standard InChI is InChI=1S/C33H44N4O5S/c38-32(36-18-17-34-22-27(36)21-25-9-3-1-4-10-25)30-31(26-11-5-2-6-12-26)37(24-35-30)29-13-7-8-16-33(29,39)23-42-28-14-19-43(40,41)20-15-28/h1-6,9-12,24,27-29,34,39-41H,7-8,13-23H2/t27-,29+,33+/m1/s1. The number of ether oxygens (including phenoxy) is 1. The van der Waals surface area contributed by atoms with Crippen LogP contribution < -0.4 is 5.32 Å². The van der Waals surface area contributed by atoms with Gasteiger partial charge in [0.05, 0.1) is 30.8 Å². The van der Waals surface area contributed by atoms with Crippen LogP contribution in [-0.4, -0.2) is 90.1 Å². The van der Waals surface area contributed by atoms with Gasteiger partial charge in [0.2, 0.25) is 0 Å². The number of aromatic nitrogens is 2. The molecule has 1 saturated carbocycles. The Hall–Kier alpha value is -2.73. The topological polar surface area (TPSA) is 120 Å². The summed E-state index contributed by atoms with van der Waals surface area (Å²) in [7, 11) is -2.50. The second-order valence-corrected chi connectivity index (χ2v) is 14.8. The minimum atomic E-state index is -2.50. The third-order valence-electron chi connectivity index (χ3n) is 9.36. The summed E-state index contributed by atoms with van der Waals surface area (Å²) in [6, 6.07) is 19.9. The van der Waals surface area contributed by atoms with Crippen molar-refractivity contribution in [2.24, 2.45) is 0 Å². The minimum absolute atomic E-state index is 0.00587. The second kappa shape index (κ2) is 13.1. The lowest BCUT2D eigenvalue weighted by molar-refractivity contribution is -0.118. The van der Waals surface area contributed by atoms with Gasteiger partial charge in [-0.1, -0.05) is 73.5 Å². The molecule has 3 aliphatic rings. The lowest BCUT2D eigenvalue weighted by Gasteiger charge is -2.43. The molecule has 3 aromatic rings. The average molecular weight is 609 g/mol. The smallest absolute Gasteiger partial charge is 0.275 e. The number of imidazole rings is 1. The van der Waals surface area contributed by atoms with E-state index in [1.54, 1.807) is 6.33 Å². The van der Waals surface area contributed by atoms with Gasteiger partial charge < -0.3 is 24.6 Å². The molecule has 1 aliphatic carbocycles. The molecule has 10 heteroatoms. The van der Waals surface area contributed by atoms with Crippen molar-refractivity contribution in [1.82, 2.24) is 19.8 Å². The number of hydrogen-bond acceptors (Lipinski definition) is 7. The predicted octanol–water partition coefficient (Wildman–Crippen LogP) is 4.98. The third kappa shape index (κ3) is 6.84. The summed E-state index contributed by atoms with van der Waals surface area (Å²) >= 11 is 0. The first-order valence-corrected chi connectivity index (χ1v) is 17.5. The van der Waals surface area contributed by atoms with Crippen LogP contribution in [0.25, 0.3) is 11.3 Å². The zero-order valence-electron chi connectivity index (χ0n) is 24.7. The van der Waals surface area contributed by atoms with Crippen LogP contribution in [0.3, 0.4) is 0 Å². The molecule has 3 atom stereocenters. The highest BCUT2D eigenvalue weighted by atomic mass is 32.3. The monoisotopic (exact) mass is 608 g/mol. The molecule has 4 N–H and O–H groups in total. The summed E-state index contributed by atoms with van der Waals surface area (Å²) < 4.78 is 28.3. The van der Waals surface area contributed by atoms with Gasteiger partial charge in [-0.05, 0) is 37.7 Å². The van der Waals surface area contributed by atoms with Crippen molar-refractivity contribution in [3.63, 3.8) is 0 Å². The second-order valence-electron chi connectivity index (χ2n) is 12.3. The number of nitrogens with one attached hydrogen (secondary N) is 1. The minimum Gasteiger partial charge on any atom is -0.385 e. The summed E-state index contributed by atoms with van der Waals surface area (Å²) in [6.45, 7) is 2.21. The van der Waals surface area contributed by atoms with Crippen molar-refractivity contribution >= 4 is 16.5 Å². The highest BCUT2D eigenvalue weighted by molar-refractivity contribution is 8.24. The highest BCUT2D eigenvalue weighted by Crippen LogP contribution is 2.46. The number of aliphatic hydroxyl groups is 1. The van der Waals surface area contributed by atoms with E-state index in [1.165, 1.54) is 5.56 Å². The Morgan fingerprint density at radius 3 is 2.49 bits per heavy atom. The first kappa shape index (κ1) is 30.3. The molecule has 2 aliphatic heterocycles. The largest absolute Gasteiger partial charge is 0.385 e. The summed E-state index contributed by atoms with van der Waals surface area (Å²) in [5.74, 6) is 0.612. The van der Waals surface area contributed by atoms with Crippen molar-refractivity contribution < 1.29 is 23.7 Å². The SMILES string of the molecule is O=C(c1ncn([C@H]2CCCC[C@]2(O)COC2CCS(O)(O)CC2)c1-c1ccccc1)N1CCNC[C@H]1Cc1ccccc1. The van der Waals surface area contributed by atoms with Crippen LogP contribution in [0.4, 0.5) is 0 Å². The van der Waals surface area contributed by atoms with Gasteiger partial charge in [-0.25, -0.2) is 4.98 Å². The van der Waals surface area contributed by atoms with Gasteiger partial charge in [0.25, 0.3) is 5.91 Å². The predicted molar refractivity (Wildman–Crippen MR) is 170 cm³/mol. The van der Waals surface area contributed by atoms with E-state index >= 15 is 0 Å². The summed E-state index contributed by atoms with van der Waals surface area (Å²) in [5, 5.41) is 15.6. The van der Waals surface area contributed by atoms with E-state index in [4.69, 9.17) is 9.72 Å². The van der Waals surface area contributed by atoms with Crippen LogP contribution in [-0.2, 0) is 11.2 Å². The Morgan fingerprint density at radius 2 is 1.74 bits per heavy atom. The first-order valence-electron chi connectivity index (χ1n) is 15.6. The molecule has 2 aromatic carbocycles. The number of hydrogen-bond donors (Lipinski definition) is 4. The van der Waals surface area contributed by atoms with Crippen LogP contribution in [0.5, 0.6) is 0 Å². The van der Waals surface area contributed by atoms with E-state index in [1.807, 2.05) is 58.0 Å². The number of piperazine rings is 1. The average Bonchev–Trinajstić information content (AvgIpc) is 3.46. The fourth-order valence-electron chi connectivity index (χ4n) is 6.95. The fourth-order valence-corrected chi connectivity index (χ4v) is 8.44. The Kier molecular flexibility index (Phi) is 9.23. The molecular weight excluding hydrogens is 564 g/mol. The molecule has 43 heavy (non-hydrogen) atoms. The van der Waals surface area contributed by atoms with Crippen molar-refractivity contribution in [1.29, 1.82) is 0 Å². The Bertz CT molecular complexity index is 1360. The molecule has 6 rings (SSSR count). The van der Waals surface area contributed by atoms with Crippen LogP contribution in [0.15, 0.2) is 67.0 Å².